The summed E-state index contributed by atoms with van der Waals surface area (Å²) in [5.41, 5.74) is 0.413. The Kier molecular flexibility index (Phi) is 4.97. The van der Waals surface area contributed by atoms with Gasteiger partial charge in [-0.1, -0.05) is 0 Å². The quantitative estimate of drug-likeness (QED) is 0.865. The van der Waals surface area contributed by atoms with Crippen molar-refractivity contribution in [1.29, 1.82) is 0 Å². The summed E-state index contributed by atoms with van der Waals surface area (Å²) in [6.45, 7) is 0.944. The maximum atomic E-state index is 12.6. The number of methoxy groups -OCH3 is 1. The van der Waals surface area contributed by atoms with E-state index in [4.69, 9.17) is 4.74 Å². The number of ether oxygens (including phenoxy) is 1. The number of pyridine rings is 1. The van der Waals surface area contributed by atoms with E-state index in [2.05, 4.69) is 4.98 Å². The number of nitrogens with zero attached hydrogens (tertiary/aromatic N) is 1. The molecule has 1 aromatic carbocycles. The van der Waals surface area contributed by atoms with Gasteiger partial charge < -0.3 is 14.6 Å². The molecule has 1 amide bonds. The van der Waals surface area contributed by atoms with E-state index >= 15 is 0 Å². The van der Waals surface area contributed by atoms with E-state index < -0.39 is 0 Å². The smallest absolute Gasteiger partial charge is 0.260 e. The molecule has 6 heteroatoms. The molecule has 2 aromatic rings. The van der Waals surface area contributed by atoms with E-state index in [1.807, 2.05) is 0 Å². The van der Waals surface area contributed by atoms with Crippen molar-refractivity contribution >= 4 is 11.7 Å². The first kappa shape index (κ1) is 17.0. The van der Waals surface area contributed by atoms with Crippen LogP contribution in [0, 0.1) is 5.92 Å². The molecule has 1 N–H and O–H groups in total. The number of likely N-dealkylation sites (tertiary alicyclic amines) is 1. The molecule has 0 unspecified atom stereocenters. The van der Waals surface area contributed by atoms with E-state index in [-0.39, 0.29) is 28.7 Å². The highest BCUT2D eigenvalue weighted by atomic mass is 16.5. The third-order valence-corrected chi connectivity index (χ3v) is 4.58. The van der Waals surface area contributed by atoms with E-state index in [1.165, 1.54) is 12.3 Å². The number of aromatic nitrogens is 1. The summed E-state index contributed by atoms with van der Waals surface area (Å²) in [6, 6.07) is 10.2. The topological polar surface area (TPSA) is 79.5 Å². The van der Waals surface area contributed by atoms with Crippen molar-refractivity contribution in [2.45, 2.75) is 12.8 Å². The Morgan fingerprint density at radius 2 is 1.80 bits per heavy atom. The van der Waals surface area contributed by atoms with Gasteiger partial charge in [0.15, 0.2) is 5.78 Å². The third kappa shape index (κ3) is 3.63. The van der Waals surface area contributed by atoms with Crippen LogP contribution in [0.3, 0.4) is 0 Å². The molecule has 6 nitrogen and oxygen atoms in total. The second-order valence-electron chi connectivity index (χ2n) is 6.07. The zero-order valence-electron chi connectivity index (χ0n) is 14.0. The molecule has 0 saturated carbocycles. The van der Waals surface area contributed by atoms with Gasteiger partial charge in [0.25, 0.3) is 11.5 Å². The summed E-state index contributed by atoms with van der Waals surface area (Å²) >= 11 is 0. The summed E-state index contributed by atoms with van der Waals surface area (Å²) in [4.78, 5) is 40.9. The molecular weight excluding hydrogens is 320 g/mol. The van der Waals surface area contributed by atoms with Crippen LogP contribution in [-0.2, 0) is 0 Å². The van der Waals surface area contributed by atoms with Crippen molar-refractivity contribution < 1.29 is 14.3 Å². The molecule has 0 aliphatic carbocycles. The van der Waals surface area contributed by atoms with E-state index in [0.717, 1.165) is 0 Å². The molecule has 0 bridgehead atoms. The van der Waals surface area contributed by atoms with Crippen LogP contribution in [0.2, 0.25) is 0 Å². The fourth-order valence-electron chi connectivity index (χ4n) is 3.10. The highest BCUT2D eigenvalue weighted by Crippen LogP contribution is 2.23. The zero-order valence-corrected chi connectivity index (χ0v) is 14.0. The Balaban J connectivity index is 1.63. The van der Waals surface area contributed by atoms with Crippen LogP contribution in [0.25, 0.3) is 0 Å². The number of nitrogens with one attached hydrogen (secondary N) is 1. The molecule has 25 heavy (non-hydrogen) atoms. The first-order chi connectivity index (χ1) is 12.1. The van der Waals surface area contributed by atoms with Crippen LogP contribution in [0.5, 0.6) is 5.75 Å². The summed E-state index contributed by atoms with van der Waals surface area (Å²) in [5, 5.41) is 0. The van der Waals surface area contributed by atoms with E-state index in [9.17, 15) is 14.4 Å². The number of H-pyrrole nitrogens is 1. The highest BCUT2D eigenvalue weighted by molar-refractivity contribution is 5.98. The minimum absolute atomic E-state index is 0.0901. The average Bonchev–Trinajstić information content (AvgIpc) is 2.67. The number of Topliss-reactive ketones (excluding diaryl/α,β-unsaturated/α-hetero) is 1. The first-order valence-electron chi connectivity index (χ1n) is 8.25. The minimum Gasteiger partial charge on any atom is -0.497 e. The molecule has 1 aromatic heterocycles. The van der Waals surface area contributed by atoms with Crippen LogP contribution >= 0.6 is 0 Å². The lowest BCUT2D eigenvalue weighted by atomic mass is 9.88. The summed E-state index contributed by atoms with van der Waals surface area (Å²) in [7, 11) is 1.58. The molecule has 1 aliphatic rings. The largest absolute Gasteiger partial charge is 0.497 e. The lowest BCUT2D eigenvalue weighted by Crippen LogP contribution is -2.42. The monoisotopic (exact) mass is 340 g/mol. The van der Waals surface area contributed by atoms with Gasteiger partial charge in [0.05, 0.1) is 7.11 Å². The number of ketones is 1. The molecule has 2 heterocycles. The van der Waals surface area contributed by atoms with Gasteiger partial charge in [0.1, 0.15) is 11.3 Å². The molecule has 0 radical (unpaired) electrons. The average molecular weight is 340 g/mol. The second-order valence-corrected chi connectivity index (χ2v) is 6.07. The Morgan fingerprint density at radius 3 is 2.40 bits per heavy atom. The van der Waals surface area contributed by atoms with Crippen molar-refractivity contribution in [3.8, 4) is 5.75 Å². The highest BCUT2D eigenvalue weighted by Gasteiger charge is 2.29. The van der Waals surface area contributed by atoms with Crippen LogP contribution in [0.15, 0.2) is 47.4 Å². The zero-order chi connectivity index (χ0) is 17.8. The number of rotatable bonds is 4. The number of carbonyl (C=O) groups excluding carboxylic acids is 2. The molecule has 1 aliphatic heterocycles. The van der Waals surface area contributed by atoms with Crippen LogP contribution < -0.4 is 10.3 Å². The standard InChI is InChI=1S/C19H20N2O4/c1-25-15-6-4-13(5-7-15)17(22)14-8-11-21(12-9-14)19(24)16-3-2-10-20-18(16)23/h2-7,10,14H,8-9,11-12H2,1H3,(H,20,23). The number of piperidine rings is 1. The van der Waals surface area contributed by atoms with Crippen LogP contribution in [-0.4, -0.2) is 41.8 Å². The van der Waals surface area contributed by atoms with Gasteiger partial charge in [0.2, 0.25) is 0 Å². The number of benzene rings is 1. The van der Waals surface area contributed by atoms with Gasteiger partial charge >= 0.3 is 0 Å². The molecule has 0 spiro atoms. The Hall–Kier alpha value is -2.89. The Labute approximate surface area is 145 Å². The molecule has 130 valence electrons. The summed E-state index contributed by atoms with van der Waals surface area (Å²) in [5.74, 6) is 0.418. The maximum Gasteiger partial charge on any atom is 0.260 e. The number of hydrogen-bond donors (Lipinski definition) is 1. The lowest BCUT2D eigenvalue weighted by molar-refractivity contribution is 0.0649. The van der Waals surface area contributed by atoms with Crippen LogP contribution in [0.4, 0.5) is 0 Å². The molecule has 0 atom stereocenters. The lowest BCUT2D eigenvalue weighted by Gasteiger charge is -2.31. The summed E-state index contributed by atoms with van der Waals surface area (Å²) < 4.78 is 5.10. The maximum absolute atomic E-state index is 12.6. The van der Waals surface area contributed by atoms with Gasteiger partial charge in [-0.25, -0.2) is 0 Å². The third-order valence-electron chi connectivity index (χ3n) is 4.58. The van der Waals surface area contributed by atoms with Crippen LogP contribution in [0.1, 0.15) is 33.6 Å². The second kappa shape index (κ2) is 7.34. The van der Waals surface area contributed by atoms with E-state index in [1.54, 1.807) is 42.3 Å². The number of aromatic amines is 1. The van der Waals surface area contributed by atoms with Crippen molar-refractivity contribution in [3.63, 3.8) is 0 Å². The molecule has 1 fully saturated rings. The first-order valence-corrected chi connectivity index (χ1v) is 8.25. The molecule has 3 rings (SSSR count). The van der Waals surface area contributed by atoms with Crippen molar-refractivity contribution in [3.05, 3.63) is 64.1 Å². The van der Waals surface area contributed by atoms with E-state index in [0.29, 0.717) is 37.2 Å². The fourth-order valence-corrected chi connectivity index (χ4v) is 3.10. The SMILES string of the molecule is COc1ccc(C(=O)C2CCN(C(=O)c3ccc[nH]c3=O)CC2)cc1. The van der Waals surface area contributed by atoms with Crippen molar-refractivity contribution in [2.75, 3.05) is 20.2 Å². The fraction of sp³-hybridized carbons (Fsp3) is 0.316. The van der Waals surface area contributed by atoms with Crippen molar-refractivity contribution in [2.24, 2.45) is 5.92 Å². The van der Waals surface area contributed by atoms with Gasteiger partial charge in [0, 0.05) is 30.8 Å². The predicted molar refractivity (Wildman–Crippen MR) is 93.0 cm³/mol. The normalized spacial score (nSPS) is 15.0. The number of carbonyl (C=O) groups is 2. The minimum atomic E-state index is -0.385. The number of amides is 1. The van der Waals surface area contributed by atoms with Gasteiger partial charge in [-0.3, -0.25) is 14.4 Å². The molecular formula is C19H20N2O4. The van der Waals surface area contributed by atoms with Gasteiger partial charge in [-0.2, -0.15) is 0 Å². The Morgan fingerprint density at radius 1 is 1.12 bits per heavy atom. The summed E-state index contributed by atoms with van der Waals surface area (Å²) in [6.07, 6.45) is 2.70. The Bertz CT molecular complexity index is 818. The van der Waals surface area contributed by atoms with Crippen molar-refractivity contribution in [1.82, 2.24) is 9.88 Å². The van der Waals surface area contributed by atoms with Gasteiger partial charge in [-0.05, 0) is 49.2 Å². The van der Waals surface area contributed by atoms with Gasteiger partial charge in [-0.15, -0.1) is 0 Å². The number of hydrogen-bond acceptors (Lipinski definition) is 4. The molecule has 1 saturated heterocycles. The predicted octanol–water partition coefficient (Wildman–Crippen LogP) is 2.12.